The summed E-state index contributed by atoms with van der Waals surface area (Å²) in [5.74, 6) is 0.611. The number of thioether (sulfide) groups is 1. The molecule has 0 saturated heterocycles. The van der Waals surface area contributed by atoms with Crippen LogP contribution < -0.4 is 10.1 Å². The fraction of sp³-hybridized carbons (Fsp3) is 0.263. The van der Waals surface area contributed by atoms with Crippen molar-refractivity contribution in [3.8, 4) is 5.75 Å². The summed E-state index contributed by atoms with van der Waals surface area (Å²) in [5, 5.41) is 2.80. The Hall–Kier alpha value is -2.27. The summed E-state index contributed by atoms with van der Waals surface area (Å²) in [6.07, 6.45) is 3.27. The van der Waals surface area contributed by atoms with Gasteiger partial charge in [0.15, 0.2) is 6.61 Å². The molecule has 24 heavy (non-hydrogen) atoms. The number of ether oxygens (including phenoxy) is 1. The number of benzene rings is 2. The first kappa shape index (κ1) is 18.1. The number of carbonyl (C=O) groups excluding carboxylic acids is 2. The molecule has 0 bridgehead atoms. The number of carbonyl (C=O) groups is 2. The topological polar surface area (TPSA) is 55.4 Å². The minimum absolute atomic E-state index is 0.0446. The van der Waals surface area contributed by atoms with E-state index in [1.807, 2.05) is 54.8 Å². The predicted molar refractivity (Wildman–Crippen MR) is 97.8 cm³/mol. The Morgan fingerprint density at radius 3 is 2.29 bits per heavy atom. The maximum atomic E-state index is 11.9. The van der Waals surface area contributed by atoms with Gasteiger partial charge >= 0.3 is 0 Å². The van der Waals surface area contributed by atoms with Crippen molar-refractivity contribution in [1.82, 2.24) is 0 Å². The predicted octanol–water partition coefficient (Wildman–Crippen LogP) is 3.95. The highest BCUT2D eigenvalue weighted by atomic mass is 32.2. The van der Waals surface area contributed by atoms with Crippen molar-refractivity contribution >= 4 is 29.1 Å². The second kappa shape index (κ2) is 9.13. The lowest BCUT2D eigenvalue weighted by Crippen LogP contribution is -2.20. The lowest BCUT2D eigenvalue weighted by Gasteiger charge is -2.08. The number of amides is 1. The van der Waals surface area contributed by atoms with Crippen LogP contribution >= 0.6 is 11.8 Å². The van der Waals surface area contributed by atoms with Crippen LogP contribution in [0.15, 0.2) is 53.4 Å². The molecule has 4 nitrogen and oxygen atoms in total. The van der Waals surface area contributed by atoms with Gasteiger partial charge in [0.25, 0.3) is 5.91 Å². The molecule has 0 heterocycles. The van der Waals surface area contributed by atoms with E-state index in [1.54, 1.807) is 18.7 Å². The van der Waals surface area contributed by atoms with Crippen LogP contribution in [0.2, 0.25) is 0 Å². The monoisotopic (exact) mass is 343 g/mol. The smallest absolute Gasteiger partial charge is 0.262 e. The van der Waals surface area contributed by atoms with Gasteiger partial charge in [-0.25, -0.2) is 0 Å². The molecule has 0 aliphatic rings. The van der Waals surface area contributed by atoms with Gasteiger partial charge in [-0.05, 0) is 61.6 Å². The normalized spacial score (nSPS) is 10.2. The van der Waals surface area contributed by atoms with E-state index in [4.69, 9.17) is 4.74 Å². The Bertz CT molecular complexity index is 681. The van der Waals surface area contributed by atoms with E-state index in [1.165, 1.54) is 0 Å². The maximum absolute atomic E-state index is 11.9. The van der Waals surface area contributed by atoms with Crippen LogP contribution in [-0.2, 0) is 16.0 Å². The van der Waals surface area contributed by atoms with Crippen molar-refractivity contribution in [3.05, 3.63) is 54.1 Å². The maximum Gasteiger partial charge on any atom is 0.262 e. The van der Waals surface area contributed by atoms with Gasteiger partial charge in [0.1, 0.15) is 11.5 Å². The van der Waals surface area contributed by atoms with E-state index in [2.05, 4.69) is 5.32 Å². The summed E-state index contributed by atoms with van der Waals surface area (Å²) < 4.78 is 5.48. The van der Waals surface area contributed by atoms with Gasteiger partial charge in [0.05, 0.1) is 0 Å². The van der Waals surface area contributed by atoms with E-state index >= 15 is 0 Å². The zero-order valence-corrected chi connectivity index (χ0v) is 14.7. The average molecular weight is 343 g/mol. The minimum Gasteiger partial charge on any atom is -0.484 e. The third-order valence-corrected chi connectivity index (χ3v) is 4.18. The molecule has 0 fully saturated rings. The van der Waals surface area contributed by atoms with Crippen LogP contribution in [0, 0.1) is 0 Å². The number of Topliss-reactive ketones (excluding diaryl/α,β-unsaturated/α-hetero) is 1. The van der Waals surface area contributed by atoms with Crippen LogP contribution in [0.3, 0.4) is 0 Å². The molecule has 2 rings (SSSR count). The van der Waals surface area contributed by atoms with Gasteiger partial charge in [-0.1, -0.05) is 12.1 Å². The van der Waals surface area contributed by atoms with Gasteiger partial charge in [-0.15, -0.1) is 11.8 Å². The first-order valence-corrected chi connectivity index (χ1v) is 8.94. The first-order valence-electron chi connectivity index (χ1n) is 7.72. The van der Waals surface area contributed by atoms with Gasteiger partial charge in [0.2, 0.25) is 0 Å². The largest absolute Gasteiger partial charge is 0.484 e. The minimum atomic E-state index is -0.201. The lowest BCUT2D eigenvalue weighted by atomic mass is 10.1. The zero-order chi connectivity index (χ0) is 17.4. The molecule has 0 unspecified atom stereocenters. The highest BCUT2D eigenvalue weighted by Gasteiger charge is 2.04. The van der Waals surface area contributed by atoms with Crippen LogP contribution in [0.1, 0.15) is 18.9 Å². The summed E-state index contributed by atoms with van der Waals surface area (Å²) in [4.78, 5) is 24.0. The molecule has 2 aromatic carbocycles. The molecule has 0 radical (unpaired) electrons. The molecule has 0 aliphatic heterocycles. The molecule has 0 aromatic heterocycles. The zero-order valence-electron chi connectivity index (χ0n) is 13.9. The van der Waals surface area contributed by atoms with Crippen molar-refractivity contribution in [2.45, 2.75) is 24.7 Å². The number of hydrogen-bond acceptors (Lipinski definition) is 4. The van der Waals surface area contributed by atoms with Crippen molar-refractivity contribution in [1.29, 1.82) is 0 Å². The Kier molecular flexibility index (Phi) is 6.88. The van der Waals surface area contributed by atoms with Gasteiger partial charge in [-0.2, -0.15) is 0 Å². The molecule has 1 N–H and O–H groups in total. The van der Waals surface area contributed by atoms with Crippen molar-refractivity contribution in [2.24, 2.45) is 0 Å². The summed E-state index contributed by atoms with van der Waals surface area (Å²) in [7, 11) is 0. The van der Waals surface area contributed by atoms with Crippen LogP contribution in [-0.4, -0.2) is 24.6 Å². The van der Waals surface area contributed by atoms with E-state index in [9.17, 15) is 9.59 Å². The lowest BCUT2D eigenvalue weighted by molar-refractivity contribution is -0.118. The fourth-order valence-corrected chi connectivity index (χ4v) is 2.50. The van der Waals surface area contributed by atoms with E-state index in [0.717, 1.165) is 22.6 Å². The standard InChI is InChI=1S/C19H21NO3S/c1-14(21)3-4-15-5-9-17(10-6-15)23-13-19(22)20-16-7-11-18(24-2)12-8-16/h5-12H,3-4,13H2,1-2H3,(H,20,22). The average Bonchev–Trinajstić information content (AvgIpc) is 2.59. The second-order valence-corrected chi connectivity index (χ2v) is 6.29. The number of hydrogen-bond donors (Lipinski definition) is 1. The van der Waals surface area contributed by atoms with Crippen molar-refractivity contribution in [3.63, 3.8) is 0 Å². The highest BCUT2D eigenvalue weighted by Crippen LogP contribution is 2.17. The second-order valence-electron chi connectivity index (χ2n) is 5.41. The summed E-state index contributed by atoms with van der Waals surface area (Å²) in [6.45, 7) is 1.54. The first-order chi connectivity index (χ1) is 11.6. The Balaban J connectivity index is 1.79. The molecule has 126 valence electrons. The SMILES string of the molecule is CSc1ccc(NC(=O)COc2ccc(CCC(C)=O)cc2)cc1. The number of nitrogens with one attached hydrogen (secondary N) is 1. The summed E-state index contributed by atoms with van der Waals surface area (Å²) in [6, 6.07) is 15.1. The highest BCUT2D eigenvalue weighted by molar-refractivity contribution is 7.98. The molecule has 0 spiro atoms. The number of aryl methyl sites for hydroxylation is 1. The van der Waals surface area contributed by atoms with Gasteiger partial charge in [0, 0.05) is 17.0 Å². The van der Waals surface area contributed by atoms with Crippen molar-refractivity contribution in [2.75, 3.05) is 18.2 Å². The Morgan fingerprint density at radius 2 is 1.71 bits per heavy atom. The molecular weight excluding hydrogens is 322 g/mol. The molecule has 1 amide bonds. The van der Waals surface area contributed by atoms with Crippen molar-refractivity contribution < 1.29 is 14.3 Å². The van der Waals surface area contributed by atoms with E-state index < -0.39 is 0 Å². The third kappa shape index (κ3) is 6.08. The number of anilines is 1. The molecule has 5 heteroatoms. The van der Waals surface area contributed by atoms with Crippen LogP contribution in [0.25, 0.3) is 0 Å². The molecule has 2 aromatic rings. The molecule has 0 aliphatic carbocycles. The number of ketones is 1. The Morgan fingerprint density at radius 1 is 1.04 bits per heavy atom. The quantitative estimate of drug-likeness (QED) is 0.738. The summed E-state index contributed by atoms with van der Waals surface area (Å²) >= 11 is 1.65. The molecule has 0 saturated carbocycles. The molecular formula is C19H21NO3S. The Labute approximate surface area is 146 Å². The fourth-order valence-electron chi connectivity index (χ4n) is 2.09. The van der Waals surface area contributed by atoms with Crippen LogP contribution in [0.5, 0.6) is 5.75 Å². The molecule has 0 atom stereocenters. The third-order valence-electron chi connectivity index (χ3n) is 3.43. The van der Waals surface area contributed by atoms with Crippen LogP contribution in [0.4, 0.5) is 5.69 Å². The van der Waals surface area contributed by atoms with Gasteiger partial charge < -0.3 is 14.8 Å². The van der Waals surface area contributed by atoms with Gasteiger partial charge in [-0.3, -0.25) is 4.79 Å². The number of rotatable bonds is 8. The van der Waals surface area contributed by atoms with E-state index in [-0.39, 0.29) is 18.3 Å². The van der Waals surface area contributed by atoms with E-state index in [0.29, 0.717) is 12.2 Å². The summed E-state index contributed by atoms with van der Waals surface area (Å²) in [5.41, 5.74) is 1.83.